The first-order valence-electron chi connectivity index (χ1n) is 12.8. The Bertz CT molecular complexity index is 1590. The molecule has 0 heterocycles. The summed E-state index contributed by atoms with van der Waals surface area (Å²) in [5.74, 6) is 0. The lowest BCUT2D eigenvalue weighted by Crippen LogP contribution is -1.91. The lowest BCUT2D eigenvalue weighted by atomic mass is 9.89. The second-order valence-electron chi connectivity index (χ2n) is 9.39. The molecular weight excluding hydrogens is 444 g/mol. The molecule has 0 saturated carbocycles. The average molecular weight is 473 g/mol. The third-order valence-electron chi connectivity index (χ3n) is 6.96. The van der Waals surface area contributed by atoms with Gasteiger partial charge < -0.3 is 0 Å². The molecule has 0 aliphatic rings. The topological polar surface area (TPSA) is 0 Å². The van der Waals surface area contributed by atoms with Gasteiger partial charge in [0.05, 0.1) is 0 Å². The van der Waals surface area contributed by atoms with E-state index in [2.05, 4.69) is 158 Å². The fourth-order valence-corrected chi connectivity index (χ4v) is 5.04. The van der Waals surface area contributed by atoms with Gasteiger partial charge in [0.15, 0.2) is 0 Å². The summed E-state index contributed by atoms with van der Waals surface area (Å²) in [6, 6.07) is 56.6. The molecule has 6 aromatic carbocycles. The van der Waals surface area contributed by atoms with Gasteiger partial charge in [0.25, 0.3) is 0 Å². The van der Waals surface area contributed by atoms with E-state index in [0.29, 0.717) is 0 Å². The largest absolute Gasteiger partial charge is 0.0622 e. The van der Waals surface area contributed by atoms with Crippen molar-refractivity contribution in [2.45, 2.75) is 6.42 Å². The first-order valence-corrected chi connectivity index (χ1v) is 12.8. The highest BCUT2D eigenvalue weighted by Crippen LogP contribution is 2.38. The zero-order chi connectivity index (χ0) is 24.9. The van der Waals surface area contributed by atoms with Crippen LogP contribution in [0, 0.1) is 0 Å². The van der Waals surface area contributed by atoms with E-state index in [1.165, 1.54) is 55.6 Å². The van der Waals surface area contributed by atoms with Crippen molar-refractivity contribution >= 4 is 0 Å². The number of rotatable bonds is 6. The van der Waals surface area contributed by atoms with E-state index in [4.69, 9.17) is 0 Å². The zero-order valence-corrected chi connectivity index (χ0v) is 20.7. The van der Waals surface area contributed by atoms with E-state index >= 15 is 0 Å². The van der Waals surface area contributed by atoms with Gasteiger partial charge in [-0.1, -0.05) is 158 Å². The highest BCUT2D eigenvalue weighted by Gasteiger charge is 2.12. The summed E-state index contributed by atoms with van der Waals surface area (Å²) in [6.07, 6.45) is 0.924. The van der Waals surface area contributed by atoms with Crippen molar-refractivity contribution in [2.75, 3.05) is 0 Å². The van der Waals surface area contributed by atoms with E-state index in [1.807, 2.05) is 0 Å². The Balaban J connectivity index is 1.27. The maximum atomic E-state index is 2.26. The van der Waals surface area contributed by atoms with Crippen molar-refractivity contribution in [3.05, 3.63) is 169 Å². The SMILES string of the molecule is c1ccc(-c2ccc(Cc3ccc(-c4ccccc4-c4ccccc4-c4ccccc4)cc3)cc2)cc1. The molecule has 0 fully saturated rings. The van der Waals surface area contributed by atoms with Crippen molar-refractivity contribution in [1.29, 1.82) is 0 Å². The number of benzene rings is 6. The average Bonchev–Trinajstić information content (AvgIpc) is 2.99. The maximum Gasteiger partial charge on any atom is -0.00258 e. The minimum absolute atomic E-state index is 0.924. The van der Waals surface area contributed by atoms with Crippen LogP contribution in [0.15, 0.2) is 158 Å². The first-order chi connectivity index (χ1) is 18.3. The van der Waals surface area contributed by atoms with Crippen LogP contribution >= 0.6 is 0 Å². The minimum Gasteiger partial charge on any atom is -0.0622 e. The Hall–Kier alpha value is -4.68. The van der Waals surface area contributed by atoms with E-state index in [1.54, 1.807) is 0 Å². The Morgan fingerprint density at radius 3 is 1.05 bits per heavy atom. The van der Waals surface area contributed by atoms with Gasteiger partial charge >= 0.3 is 0 Å². The molecule has 0 unspecified atom stereocenters. The number of hydrogen-bond acceptors (Lipinski definition) is 0. The van der Waals surface area contributed by atoms with Crippen LogP contribution in [0.4, 0.5) is 0 Å². The van der Waals surface area contributed by atoms with Crippen LogP contribution in [-0.4, -0.2) is 0 Å². The van der Waals surface area contributed by atoms with Gasteiger partial charge in [-0.25, -0.2) is 0 Å². The molecule has 176 valence electrons. The number of hydrogen-bond donors (Lipinski definition) is 0. The van der Waals surface area contributed by atoms with Crippen molar-refractivity contribution in [2.24, 2.45) is 0 Å². The van der Waals surface area contributed by atoms with Crippen LogP contribution in [0.3, 0.4) is 0 Å². The lowest BCUT2D eigenvalue weighted by Gasteiger charge is -2.15. The van der Waals surface area contributed by atoms with Crippen LogP contribution in [0.5, 0.6) is 0 Å². The molecule has 6 rings (SSSR count). The minimum atomic E-state index is 0.924. The normalized spacial score (nSPS) is 10.8. The van der Waals surface area contributed by atoms with Gasteiger partial charge in [-0.05, 0) is 62.1 Å². The van der Waals surface area contributed by atoms with Gasteiger partial charge in [-0.2, -0.15) is 0 Å². The highest BCUT2D eigenvalue weighted by atomic mass is 14.2. The fourth-order valence-electron chi connectivity index (χ4n) is 5.04. The van der Waals surface area contributed by atoms with Crippen LogP contribution in [0.25, 0.3) is 44.5 Å². The van der Waals surface area contributed by atoms with Gasteiger partial charge in [-0.15, -0.1) is 0 Å². The second-order valence-corrected chi connectivity index (χ2v) is 9.39. The quantitative estimate of drug-likeness (QED) is 0.226. The van der Waals surface area contributed by atoms with Crippen molar-refractivity contribution in [3.8, 4) is 44.5 Å². The van der Waals surface area contributed by atoms with E-state index in [-0.39, 0.29) is 0 Å². The second kappa shape index (κ2) is 10.5. The monoisotopic (exact) mass is 472 g/mol. The summed E-state index contributed by atoms with van der Waals surface area (Å²) in [5.41, 5.74) is 12.7. The van der Waals surface area contributed by atoms with Crippen LogP contribution in [0.2, 0.25) is 0 Å². The fraction of sp³-hybridized carbons (Fsp3) is 0.0270. The molecule has 0 aromatic heterocycles. The molecule has 6 aromatic rings. The molecule has 0 heteroatoms. The molecule has 0 atom stereocenters. The summed E-state index contributed by atoms with van der Waals surface area (Å²) in [7, 11) is 0. The summed E-state index contributed by atoms with van der Waals surface area (Å²) in [6.45, 7) is 0. The maximum absolute atomic E-state index is 2.26. The van der Waals surface area contributed by atoms with Gasteiger partial charge in [0.1, 0.15) is 0 Å². The Morgan fingerprint density at radius 1 is 0.243 bits per heavy atom. The highest BCUT2D eigenvalue weighted by molar-refractivity contribution is 5.91. The van der Waals surface area contributed by atoms with Crippen molar-refractivity contribution in [1.82, 2.24) is 0 Å². The summed E-state index contributed by atoms with van der Waals surface area (Å²) in [5, 5.41) is 0. The molecule has 0 N–H and O–H groups in total. The summed E-state index contributed by atoms with van der Waals surface area (Å²) < 4.78 is 0. The zero-order valence-electron chi connectivity index (χ0n) is 20.7. The first kappa shape index (κ1) is 22.8. The van der Waals surface area contributed by atoms with Crippen molar-refractivity contribution in [3.63, 3.8) is 0 Å². The van der Waals surface area contributed by atoms with Crippen LogP contribution in [-0.2, 0) is 6.42 Å². The summed E-state index contributed by atoms with van der Waals surface area (Å²) >= 11 is 0. The Morgan fingerprint density at radius 2 is 0.568 bits per heavy atom. The molecule has 0 saturated heterocycles. The molecule has 0 amide bonds. The van der Waals surface area contributed by atoms with Gasteiger partial charge in [-0.3, -0.25) is 0 Å². The van der Waals surface area contributed by atoms with E-state index < -0.39 is 0 Å². The molecule has 0 aliphatic heterocycles. The van der Waals surface area contributed by atoms with Gasteiger partial charge in [0, 0.05) is 0 Å². The molecular formula is C37H28. The van der Waals surface area contributed by atoms with Gasteiger partial charge in [0.2, 0.25) is 0 Å². The van der Waals surface area contributed by atoms with Crippen LogP contribution in [0.1, 0.15) is 11.1 Å². The predicted octanol–water partition coefficient (Wildman–Crippen LogP) is 9.95. The third kappa shape index (κ3) is 5.01. The Kier molecular flexibility index (Phi) is 6.47. The smallest absolute Gasteiger partial charge is 0.00258 e. The lowest BCUT2D eigenvalue weighted by molar-refractivity contribution is 1.19. The molecule has 0 spiro atoms. The third-order valence-corrected chi connectivity index (χ3v) is 6.96. The molecule has 0 bridgehead atoms. The van der Waals surface area contributed by atoms with Crippen LogP contribution < -0.4 is 0 Å². The van der Waals surface area contributed by atoms with E-state index in [0.717, 1.165) is 6.42 Å². The van der Waals surface area contributed by atoms with Crippen molar-refractivity contribution < 1.29 is 0 Å². The molecule has 0 aliphatic carbocycles. The molecule has 37 heavy (non-hydrogen) atoms. The Labute approximate surface area is 219 Å². The van der Waals surface area contributed by atoms with E-state index in [9.17, 15) is 0 Å². The molecule has 0 radical (unpaired) electrons. The standard InChI is InChI=1S/C37H28/c1-3-11-30(12-4-1)31-23-19-28(20-24-31)27-29-21-25-33(26-22-29)35-16-8-10-18-37(35)36-17-9-7-15-34(36)32-13-5-2-6-14-32/h1-26H,27H2. The summed E-state index contributed by atoms with van der Waals surface area (Å²) in [4.78, 5) is 0. The molecule has 0 nitrogen and oxygen atoms in total. The predicted molar refractivity (Wildman–Crippen MR) is 157 cm³/mol.